The van der Waals surface area contributed by atoms with Crippen LogP contribution in [0, 0.1) is 6.07 Å². The van der Waals surface area contributed by atoms with Crippen LogP contribution in [0.2, 0.25) is 0 Å². The molecule has 0 atom stereocenters. The Morgan fingerprint density at radius 3 is 2.61 bits per heavy atom. The number of rotatable bonds is 4. The summed E-state index contributed by atoms with van der Waals surface area (Å²) in [7, 11) is 3.68. The summed E-state index contributed by atoms with van der Waals surface area (Å²) in [6.45, 7) is 0.997. The minimum Gasteiger partial charge on any atom is -0.351 e. The fourth-order valence-corrected chi connectivity index (χ4v) is 1.26. The third-order valence-corrected chi connectivity index (χ3v) is 2.22. The monoisotopic (exact) mass is 259 g/mol. The topological polar surface area (TPSA) is 32.3 Å². The highest BCUT2D eigenvalue weighted by atomic mass is 19.4. The number of alkyl halides is 3. The molecule has 1 aromatic rings. The standard InChI is InChI=1S/C12H14F3N2O/c1-17(2)7-6-16-11(18)9-4-3-5-10(8-9)12(13,14)15/h4-5,8H,6-7H2,1-2H3,(H,16,18). The Kier molecular flexibility index (Phi) is 4.72. The van der Waals surface area contributed by atoms with Gasteiger partial charge in [0.05, 0.1) is 5.56 Å². The second-order valence-electron chi connectivity index (χ2n) is 4.07. The number of carbonyl (C=O) groups is 1. The number of nitrogens with zero attached hydrogens (tertiary/aromatic N) is 1. The van der Waals surface area contributed by atoms with Crippen LogP contribution in [-0.4, -0.2) is 38.0 Å². The first-order valence-corrected chi connectivity index (χ1v) is 5.32. The molecular weight excluding hydrogens is 245 g/mol. The Balaban J connectivity index is 2.69. The van der Waals surface area contributed by atoms with Crippen molar-refractivity contribution in [1.29, 1.82) is 0 Å². The molecule has 6 heteroatoms. The number of likely N-dealkylation sites (N-methyl/N-ethyl adjacent to an activating group) is 1. The van der Waals surface area contributed by atoms with Crippen molar-refractivity contribution in [3.05, 3.63) is 35.4 Å². The maximum atomic E-state index is 12.4. The highest BCUT2D eigenvalue weighted by Gasteiger charge is 2.30. The van der Waals surface area contributed by atoms with Crippen molar-refractivity contribution in [3.63, 3.8) is 0 Å². The summed E-state index contributed by atoms with van der Waals surface area (Å²) in [5, 5.41) is 2.54. The lowest BCUT2D eigenvalue weighted by atomic mass is 10.1. The zero-order chi connectivity index (χ0) is 13.8. The van der Waals surface area contributed by atoms with Crippen LogP contribution in [-0.2, 0) is 6.18 Å². The maximum Gasteiger partial charge on any atom is 0.416 e. The second kappa shape index (κ2) is 5.86. The van der Waals surface area contributed by atoms with Gasteiger partial charge in [0.2, 0.25) is 0 Å². The first-order chi connectivity index (χ1) is 8.30. The van der Waals surface area contributed by atoms with Crippen LogP contribution in [0.4, 0.5) is 13.2 Å². The van der Waals surface area contributed by atoms with E-state index in [1.807, 2.05) is 19.0 Å². The van der Waals surface area contributed by atoms with E-state index < -0.39 is 17.6 Å². The van der Waals surface area contributed by atoms with Crippen molar-refractivity contribution >= 4 is 5.91 Å². The van der Waals surface area contributed by atoms with Gasteiger partial charge in [-0.25, -0.2) is 0 Å². The van der Waals surface area contributed by atoms with Crippen LogP contribution in [0.25, 0.3) is 0 Å². The van der Waals surface area contributed by atoms with Crippen molar-refractivity contribution in [1.82, 2.24) is 10.2 Å². The zero-order valence-electron chi connectivity index (χ0n) is 10.1. The fourth-order valence-electron chi connectivity index (χ4n) is 1.26. The maximum absolute atomic E-state index is 12.4. The number of hydrogen-bond donors (Lipinski definition) is 1. The first-order valence-electron chi connectivity index (χ1n) is 5.32. The van der Waals surface area contributed by atoms with E-state index in [9.17, 15) is 18.0 Å². The molecule has 1 aromatic carbocycles. The van der Waals surface area contributed by atoms with Crippen molar-refractivity contribution < 1.29 is 18.0 Å². The second-order valence-corrected chi connectivity index (χ2v) is 4.07. The minimum absolute atomic E-state index is 0.0384. The smallest absolute Gasteiger partial charge is 0.351 e. The van der Waals surface area contributed by atoms with Gasteiger partial charge in [-0.2, -0.15) is 13.2 Å². The molecule has 0 fully saturated rings. The number of nitrogens with one attached hydrogen (secondary N) is 1. The largest absolute Gasteiger partial charge is 0.416 e. The van der Waals surface area contributed by atoms with Crippen LogP contribution in [0.3, 0.4) is 0 Å². The van der Waals surface area contributed by atoms with Gasteiger partial charge in [-0.1, -0.05) is 0 Å². The summed E-state index contributed by atoms with van der Waals surface area (Å²) in [4.78, 5) is 13.4. The van der Waals surface area contributed by atoms with Crippen LogP contribution in [0.5, 0.6) is 0 Å². The van der Waals surface area contributed by atoms with E-state index in [4.69, 9.17) is 0 Å². The molecule has 0 bridgehead atoms. The van der Waals surface area contributed by atoms with Crippen LogP contribution >= 0.6 is 0 Å². The van der Waals surface area contributed by atoms with Gasteiger partial charge >= 0.3 is 6.18 Å². The van der Waals surface area contributed by atoms with Crippen LogP contribution in [0.1, 0.15) is 15.9 Å². The van der Waals surface area contributed by atoms with Gasteiger partial charge in [-0.15, -0.1) is 0 Å². The normalized spacial score (nSPS) is 11.7. The molecule has 0 aliphatic carbocycles. The molecule has 1 rings (SSSR count). The SMILES string of the molecule is CN(C)CCNC(=O)c1c[c]cc(C(F)(F)F)c1. The average Bonchev–Trinajstić information content (AvgIpc) is 2.27. The molecule has 99 valence electrons. The number of halogens is 3. The fraction of sp³-hybridized carbons (Fsp3) is 0.417. The van der Waals surface area contributed by atoms with Crippen molar-refractivity contribution in [2.75, 3.05) is 27.2 Å². The molecule has 0 unspecified atom stereocenters. The number of carbonyl (C=O) groups excluding carboxylic acids is 1. The highest BCUT2D eigenvalue weighted by molar-refractivity contribution is 5.94. The predicted octanol–water partition coefficient (Wildman–Crippen LogP) is 1.80. The van der Waals surface area contributed by atoms with Crippen LogP contribution in [0.15, 0.2) is 18.2 Å². The van der Waals surface area contributed by atoms with Crippen molar-refractivity contribution in [2.24, 2.45) is 0 Å². The average molecular weight is 259 g/mol. The molecule has 0 aliphatic heterocycles. The molecule has 0 saturated heterocycles. The quantitative estimate of drug-likeness (QED) is 0.894. The summed E-state index contributed by atoms with van der Waals surface area (Å²) >= 11 is 0. The number of benzene rings is 1. The molecule has 3 nitrogen and oxygen atoms in total. The van der Waals surface area contributed by atoms with Gasteiger partial charge in [0.15, 0.2) is 0 Å². The van der Waals surface area contributed by atoms with E-state index in [0.717, 1.165) is 12.1 Å². The third kappa shape index (κ3) is 4.37. The van der Waals surface area contributed by atoms with Crippen LogP contribution < -0.4 is 5.32 Å². The molecule has 0 saturated carbocycles. The Labute approximate surface area is 104 Å². The third-order valence-electron chi connectivity index (χ3n) is 2.22. The van der Waals surface area contributed by atoms with Gasteiger partial charge in [0.1, 0.15) is 0 Å². The lowest BCUT2D eigenvalue weighted by Crippen LogP contribution is -2.31. The lowest BCUT2D eigenvalue weighted by Gasteiger charge is -2.11. The van der Waals surface area contributed by atoms with E-state index in [0.29, 0.717) is 13.1 Å². The first kappa shape index (κ1) is 14.5. The molecule has 18 heavy (non-hydrogen) atoms. The van der Waals surface area contributed by atoms with E-state index >= 15 is 0 Å². The van der Waals surface area contributed by atoms with Gasteiger partial charge in [0, 0.05) is 18.7 Å². The summed E-state index contributed by atoms with van der Waals surface area (Å²) in [6, 6.07) is 5.20. The van der Waals surface area contributed by atoms with Gasteiger partial charge in [0.25, 0.3) is 5.91 Å². The van der Waals surface area contributed by atoms with Gasteiger partial charge < -0.3 is 10.2 Å². The molecule has 0 aromatic heterocycles. The van der Waals surface area contributed by atoms with Crippen molar-refractivity contribution in [3.8, 4) is 0 Å². The minimum atomic E-state index is -4.46. The zero-order valence-corrected chi connectivity index (χ0v) is 10.1. The number of amides is 1. The van der Waals surface area contributed by atoms with E-state index in [-0.39, 0.29) is 5.56 Å². The molecule has 1 amide bonds. The summed E-state index contributed by atoms with van der Waals surface area (Å²) in [5.74, 6) is -0.529. The summed E-state index contributed by atoms with van der Waals surface area (Å²) < 4.78 is 37.3. The Morgan fingerprint density at radius 2 is 2.06 bits per heavy atom. The summed E-state index contributed by atoms with van der Waals surface area (Å²) in [6.07, 6.45) is -4.46. The Bertz CT molecular complexity index is 416. The molecule has 0 aliphatic rings. The molecule has 0 heterocycles. The Morgan fingerprint density at radius 1 is 1.39 bits per heavy atom. The van der Waals surface area contributed by atoms with Crippen molar-refractivity contribution in [2.45, 2.75) is 6.18 Å². The molecular formula is C12H14F3N2O. The molecule has 0 spiro atoms. The predicted molar refractivity (Wildman–Crippen MR) is 61.2 cm³/mol. The molecule has 1 N–H and O–H groups in total. The van der Waals surface area contributed by atoms with Gasteiger partial charge in [-0.3, -0.25) is 4.79 Å². The van der Waals surface area contributed by atoms with E-state index in [2.05, 4.69) is 11.4 Å². The highest BCUT2D eigenvalue weighted by Crippen LogP contribution is 2.29. The summed E-state index contributed by atoms with van der Waals surface area (Å²) in [5.41, 5.74) is -0.911. The number of hydrogen-bond acceptors (Lipinski definition) is 2. The van der Waals surface area contributed by atoms with Gasteiger partial charge in [-0.05, 0) is 38.4 Å². The molecule has 1 radical (unpaired) electrons. The lowest BCUT2D eigenvalue weighted by molar-refractivity contribution is -0.137. The van der Waals surface area contributed by atoms with E-state index in [1.165, 1.54) is 6.07 Å². The Hall–Kier alpha value is -1.56. The van der Waals surface area contributed by atoms with E-state index in [1.54, 1.807) is 0 Å².